The van der Waals surface area contributed by atoms with Crippen LogP contribution in [0.5, 0.6) is 0 Å². The van der Waals surface area contributed by atoms with Crippen LogP contribution in [0.15, 0.2) is 40.2 Å². The second kappa shape index (κ2) is 5.99. The van der Waals surface area contributed by atoms with Crippen molar-refractivity contribution in [1.29, 1.82) is 0 Å². The van der Waals surface area contributed by atoms with Crippen molar-refractivity contribution in [1.82, 2.24) is 0 Å². The Morgan fingerprint density at radius 1 is 1.21 bits per heavy atom. The van der Waals surface area contributed by atoms with Crippen LogP contribution >= 0.6 is 38.9 Å². The van der Waals surface area contributed by atoms with Crippen molar-refractivity contribution in [3.8, 4) is 0 Å². The average molecular weight is 358 g/mol. The summed E-state index contributed by atoms with van der Waals surface area (Å²) in [5.74, 6) is 0. The Balaban J connectivity index is 2.26. The Morgan fingerprint density at radius 2 is 1.84 bits per heavy atom. The maximum atomic E-state index is 6.56. The van der Waals surface area contributed by atoms with Crippen LogP contribution in [0.3, 0.4) is 0 Å². The van der Waals surface area contributed by atoms with E-state index in [1.807, 2.05) is 6.07 Å². The van der Waals surface area contributed by atoms with Gasteiger partial charge in [0, 0.05) is 9.35 Å². The van der Waals surface area contributed by atoms with Crippen molar-refractivity contribution in [3.63, 3.8) is 0 Å². The molecule has 1 atom stereocenters. The van der Waals surface area contributed by atoms with Crippen LogP contribution in [0.25, 0.3) is 0 Å². The highest BCUT2D eigenvalue weighted by atomic mass is 79.9. The maximum absolute atomic E-state index is 6.56. The molecule has 0 spiro atoms. The van der Waals surface area contributed by atoms with Crippen LogP contribution < -0.4 is 0 Å². The average Bonchev–Trinajstić information content (AvgIpc) is 2.84. The molecule has 0 aliphatic heterocycles. The lowest BCUT2D eigenvalue weighted by Crippen LogP contribution is -2.15. The van der Waals surface area contributed by atoms with Gasteiger partial charge in [0.25, 0.3) is 0 Å². The van der Waals surface area contributed by atoms with Gasteiger partial charge in [0.15, 0.2) is 0 Å². The summed E-state index contributed by atoms with van der Waals surface area (Å²) in [6.45, 7) is 6.77. The lowest BCUT2D eigenvalue weighted by atomic mass is 9.82. The van der Waals surface area contributed by atoms with Crippen molar-refractivity contribution in [3.05, 3.63) is 56.2 Å². The first kappa shape index (κ1) is 15.1. The summed E-state index contributed by atoms with van der Waals surface area (Å²) < 4.78 is 1.09. The fourth-order valence-corrected chi connectivity index (χ4v) is 4.10. The summed E-state index contributed by atoms with van der Waals surface area (Å²) in [5.41, 5.74) is 2.75. The fraction of sp³-hybridized carbons (Fsp3) is 0.375. The molecule has 0 fully saturated rings. The van der Waals surface area contributed by atoms with Gasteiger partial charge < -0.3 is 0 Å². The van der Waals surface area contributed by atoms with E-state index in [4.69, 9.17) is 11.6 Å². The third kappa shape index (κ3) is 3.24. The van der Waals surface area contributed by atoms with Gasteiger partial charge in [-0.3, -0.25) is 0 Å². The monoisotopic (exact) mass is 356 g/mol. The van der Waals surface area contributed by atoms with Crippen molar-refractivity contribution < 1.29 is 0 Å². The van der Waals surface area contributed by atoms with Gasteiger partial charge in [-0.15, -0.1) is 22.9 Å². The number of hydrogen-bond donors (Lipinski definition) is 0. The Hall–Kier alpha value is -0.310. The quantitative estimate of drug-likeness (QED) is 0.546. The first-order valence-corrected chi connectivity index (χ1v) is 8.54. The van der Waals surface area contributed by atoms with E-state index in [2.05, 4.69) is 66.3 Å². The van der Waals surface area contributed by atoms with Gasteiger partial charge in [0.1, 0.15) is 0 Å². The molecule has 0 amide bonds. The Labute approximate surface area is 132 Å². The summed E-state index contributed by atoms with van der Waals surface area (Å²) in [6, 6.07) is 10.8. The zero-order valence-corrected chi connectivity index (χ0v) is 14.6. The molecule has 0 radical (unpaired) electrons. The predicted molar refractivity (Wildman–Crippen MR) is 89.5 cm³/mol. The normalized spacial score (nSPS) is 13.5. The molecule has 2 rings (SSSR count). The summed E-state index contributed by atoms with van der Waals surface area (Å²) in [5, 5.41) is 1.98. The van der Waals surface area contributed by atoms with E-state index >= 15 is 0 Å². The van der Waals surface area contributed by atoms with E-state index in [9.17, 15) is 0 Å². The van der Waals surface area contributed by atoms with E-state index in [0.717, 1.165) is 16.5 Å². The van der Waals surface area contributed by atoms with Crippen LogP contribution in [-0.4, -0.2) is 0 Å². The van der Waals surface area contributed by atoms with Gasteiger partial charge in [-0.1, -0.05) is 45.0 Å². The van der Waals surface area contributed by atoms with E-state index in [1.54, 1.807) is 11.3 Å². The maximum Gasteiger partial charge on any atom is 0.0939 e. The predicted octanol–water partition coefficient (Wildman–Crippen LogP) is 6.53. The number of hydrogen-bond acceptors (Lipinski definition) is 1. The number of rotatable bonds is 4. The van der Waals surface area contributed by atoms with E-state index < -0.39 is 0 Å². The molecule has 3 heteroatoms. The van der Waals surface area contributed by atoms with Crippen LogP contribution in [0.1, 0.15) is 48.6 Å². The van der Waals surface area contributed by atoms with Gasteiger partial charge in [-0.2, -0.15) is 0 Å². The number of benzene rings is 1. The SMILES string of the molecule is CCC(C)(C)c1ccc(C(Cl)c2sccc2Br)cc1. The zero-order chi connectivity index (χ0) is 14.0. The molecule has 1 heterocycles. The van der Waals surface area contributed by atoms with Gasteiger partial charge >= 0.3 is 0 Å². The first-order chi connectivity index (χ1) is 8.95. The zero-order valence-electron chi connectivity index (χ0n) is 11.4. The summed E-state index contributed by atoms with van der Waals surface area (Å²) >= 11 is 11.8. The molecule has 0 bridgehead atoms. The molecule has 1 unspecified atom stereocenters. The second-order valence-corrected chi connectivity index (χ2v) is 7.59. The molecule has 1 aromatic carbocycles. The minimum absolute atomic E-state index is 0.0758. The Bertz CT molecular complexity index is 542. The molecule has 0 aliphatic rings. The molecule has 2 aromatic rings. The Kier molecular flexibility index (Phi) is 4.75. The molecule has 102 valence electrons. The Morgan fingerprint density at radius 3 is 2.32 bits per heavy atom. The van der Waals surface area contributed by atoms with Crippen LogP contribution in [-0.2, 0) is 5.41 Å². The third-order valence-corrected chi connectivity index (χ3v) is 6.28. The number of halogens is 2. The molecule has 0 nitrogen and oxygen atoms in total. The van der Waals surface area contributed by atoms with Gasteiger partial charge in [-0.25, -0.2) is 0 Å². The molecular weight excluding hydrogens is 340 g/mol. The van der Waals surface area contributed by atoms with Crippen molar-refractivity contribution in [2.45, 2.75) is 38.0 Å². The number of alkyl halides is 1. The van der Waals surface area contributed by atoms with Crippen LogP contribution in [0.4, 0.5) is 0 Å². The van der Waals surface area contributed by atoms with Crippen molar-refractivity contribution in [2.75, 3.05) is 0 Å². The largest absolute Gasteiger partial charge is 0.146 e. The topological polar surface area (TPSA) is 0 Å². The lowest BCUT2D eigenvalue weighted by molar-refractivity contribution is 0.506. The van der Waals surface area contributed by atoms with E-state index in [1.165, 1.54) is 10.4 Å². The van der Waals surface area contributed by atoms with Crippen LogP contribution in [0, 0.1) is 0 Å². The minimum atomic E-state index is -0.0758. The first-order valence-electron chi connectivity index (χ1n) is 6.43. The molecule has 0 aliphatic carbocycles. The molecule has 0 saturated heterocycles. The molecule has 19 heavy (non-hydrogen) atoms. The van der Waals surface area contributed by atoms with Crippen LogP contribution in [0.2, 0.25) is 0 Å². The summed E-state index contributed by atoms with van der Waals surface area (Å²) in [6.07, 6.45) is 1.13. The molecular formula is C16H18BrClS. The van der Waals surface area contributed by atoms with Gasteiger partial charge in [0.2, 0.25) is 0 Å². The van der Waals surface area contributed by atoms with Gasteiger partial charge in [0.05, 0.1) is 5.38 Å². The summed E-state index contributed by atoms with van der Waals surface area (Å²) in [7, 11) is 0. The highest BCUT2D eigenvalue weighted by molar-refractivity contribution is 9.10. The third-order valence-electron chi connectivity index (χ3n) is 3.74. The minimum Gasteiger partial charge on any atom is -0.146 e. The molecule has 1 aromatic heterocycles. The highest BCUT2D eigenvalue weighted by Crippen LogP contribution is 2.38. The highest BCUT2D eigenvalue weighted by Gasteiger charge is 2.19. The van der Waals surface area contributed by atoms with Crippen molar-refractivity contribution in [2.24, 2.45) is 0 Å². The second-order valence-electron chi connectivity index (χ2n) is 5.35. The number of thiophene rings is 1. The van der Waals surface area contributed by atoms with Crippen molar-refractivity contribution >= 4 is 38.9 Å². The van der Waals surface area contributed by atoms with Gasteiger partial charge in [-0.05, 0) is 50.3 Å². The smallest absolute Gasteiger partial charge is 0.0939 e. The molecule has 0 N–H and O–H groups in total. The fourth-order valence-electron chi connectivity index (χ4n) is 1.95. The lowest BCUT2D eigenvalue weighted by Gasteiger charge is -2.23. The summed E-state index contributed by atoms with van der Waals surface area (Å²) in [4.78, 5) is 1.17. The molecule has 0 saturated carbocycles. The van der Waals surface area contributed by atoms with E-state index in [-0.39, 0.29) is 10.8 Å². The van der Waals surface area contributed by atoms with E-state index in [0.29, 0.717) is 0 Å². The standard InChI is InChI=1S/C16H18BrClS/c1-4-16(2,3)12-7-5-11(6-8-12)14(18)15-13(17)9-10-19-15/h5-10,14H,4H2,1-3H3.